The Balaban J connectivity index is 2.29. The molecule has 0 aliphatic heterocycles. The van der Waals surface area contributed by atoms with Gasteiger partial charge in [0.1, 0.15) is 11.6 Å². The van der Waals surface area contributed by atoms with E-state index in [0.29, 0.717) is 13.1 Å². The average molecular weight is 291 g/mol. The van der Waals surface area contributed by atoms with Crippen LogP contribution in [0, 0.1) is 11.6 Å². The van der Waals surface area contributed by atoms with Crippen molar-refractivity contribution in [2.75, 3.05) is 13.1 Å². The van der Waals surface area contributed by atoms with E-state index in [1.54, 1.807) is 12.4 Å². The van der Waals surface area contributed by atoms with Gasteiger partial charge < -0.3 is 5.73 Å². The lowest BCUT2D eigenvalue weighted by atomic mass is 10.0. The van der Waals surface area contributed by atoms with E-state index >= 15 is 0 Å². The first-order chi connectivity index (χ1) is 10.2. The molecule has 1 heterocycles. The SMILES string of the molecule is CCN(Cc1ccncc1)C(CN)c1c(F)cccc1F. The van der Waals surface area contributed by atoms with Gasteiger partial charge >= 0.3 is 0 Å². The maximum Gasteiger partial charge on any atom is 0.130 e. The highest BCUT2D eigenvalue weighted by atomic mass is 19.1. The first-order valence-corrected chi connectivity index (χ1v) is 6.94. The molecule has 1 unspecified atom stereocenters. The molecule has 3 nitrogen and oxygen atoms in total. The highest BCUT2D eigenvalue weighted by molar-refractivity contribution is 5.24. The number of aromatic nitrogens is 1. The van der Waals surface area contributed by atoms with Crippen LogP contribution in [0.4, 0.5) is 8.78 Å². The molecular weight excluding hydrogens is 272 g/mol. The average Bonchev–Trinajstić information content (AvgIpc) is 2.50. The Morgan fingerprint density at radius 1 is 1.14 bits per heavy atom. The van der Waals surface area contributed by atoms with E-state index in [1.807, 2.05) is 24.0 Å². The number of likely N-dealkylation sites (N-methyl/N-ethyl adjacent to an activating group) is 1. The molecule has 0 amide bonds. The summed E-state index contributed by atoms with van der Waals surface area (Å²) < 4.78 is 28.0. The van der Waals surface area contributed by atoms with Crippen LogP contribution in [0.3, 0.4) is 0 Å². The Bertz CT molecular complexity index is 555. The quantitative estimate of drug-likeness (QED) is 0.890. The van der Waals surface area contributed by atoms with Crippen molar-refractivity contribution in [2.45, 2.75) is 19.5 Å². The van der Waals surface area contributed by atoms with Crippen molar-refractivity contribution in [3.63, 3.8) is 0 Å². The van der Waals surface area contributed by atoms with Gasteiger partial charge in [-0.1, -0.05) is 13.0 Å². The van der Waals surface area contributed by atoms with Gasteiger partial charge in [-0.25, -0.2) is 8.78 Å². The zero-order chi connectivity index (χ0) is 15.2. The molecule has 5 heteroatoms. The van der Waals surface area contributed by atoms with E-state index < -0.39 is 17.7 Å². The Morgan fingerprint density at radius 2 is 1.76 bits per heavy atom. The molecule has 1 aromatic heterocycles. The van der Waals surface area contributed by atoms with Gasteiger partial charge in [-0.2, -0.15) is 0 Å². The molecule has 0 radical (unpaired) electrons. The Hall–Kier alpha value is -1.85. The molecule has 0 aliphatic carbocycles. The van der Waals surface area contributed by atoms with Crippen LogP contribution in [0.2, 0.25) is 0 Å². The number of halogens is 2. The lowest BCUT2D eigenvalue weighted by molar-refractivity contribution is 0.195. The van der Waals surface area contributed by atoms with Gasteiger partial charge in [0, 0.05) is 31.0 Å². The summed E-state index contributed by atoms with van der Waals surface area (Å²) in [5.41, 5.74) is 6.85. The maximum absolute atomic E-state index is 14.0. The minimum atomic E-state index is -0.557. The van der Waals surface area contributed by atoms with E-state index in [2.05, 4.69) is 4.98 Å². The fourth-order valence-corrected chi connectivity index (χ4v) is 2.44. The predicted octanol–water partition coefficient (Wildman–Crippen LogP) is 2.88. The van der Waals surface area contributed by atoms with Gasteiger partial charge in [-0.05, 0) is 36.4 Å². The molecule has 1 atom stereocenters. The summed E-state index contributed by atoms with van der Waals surface area (Å²) in [6.45, 7) is 3.30. The molecule has 2 rings (SSSR count). The third kappa shape index (κ3) is 3.62. The van der Waals surface area contributed by atoms with E-state index in [1.165, 1.54) is 18.2 Å². The first kappa shape index (κ1) is 15.5. The van der Waals surface area contributed by atoms with Crippen molar-refractivity contribution in [1.82, 2.24) is 9.88 Å². The van der Waals surface area contributed by atoms with Gasteiger partial charge in [0.05, 0.1) is 6.04 Å². The van der Waals surface area contributed by atoms with Crippen molar-refractivity contribution < 1.29 is 8.78 Å². The second-order valence-electron chi connectivity index (χ2n) is 4.81. The molecule has 2 aromatic rings. The second kappa shape index (κ2) is 7.24. The molecule has 0 saturated carbocycles. The summed E-state index contributed by atoms with van der Waals surface area (Å²) in [4.78, 5) is 5.92. The lowest BCUT2D eigenvalue weighted by Gasteiger charge is -2.30. The van der Waals surface area contributed by atoms with Gasteiger partial charge in [0.2, 0.25) is 0 Å². The van der Waals surface area contributed by atoms with Gasteiger partial charge in [-0.15, -0.1) is 0 Å². The van der Waals surface area contributed by atoms with Crippen LogP contribution in [0.25, 0.3) is 0 Å². The molecule has 0 bridgehead atoms. The van der Waals surface area contributed by atoms with Gasteiger partial charge in [-0.3, -0.25) is 9.88 Å². The molecule has 0 aliphatic rings. The van der Waals surface area contributed by atoms with Crippen molar-refractivity contribution >= 4 is 0 Å². The van der Waals surface area contributed by atoms with Crippen molar-refractivity contribution in [3.05, 3.63) is 65.5 Å². The molecule has 21 heavy (non-hydrogen) atoms. The number of nitrogens with zero attached hydrogens (tertiary/aromatic N) is 2. The largest absolute Gasteiger partial charge is 0.329 e. The van der Waals surface area contributed by atoms with E-state index in [9.17, 15) is 8.78 Å². The minimum absolute atomic E-state index is 0.0379. The van der Waals surface area contributed by atoms with E-state index in [-0.39, 0.29) is 12.1 Å². The summed E-state index contributed by atoms with van der Waals surface area (Å²) in [5.74, 6) is -1.11. The zero-order valence-electron chi connectivity index (χ0n) is 12.0. The molecule has 112 valence electrons. The summed E-state index contributed by atoms with van der Waals surface area (Å²) >= 11 is 0. The normalized spacial score (nSPS) is 12.6. The zero-order valence-corrected chi connectivity index (χ0v) is 12.0. The minimum Gasteiger partial charge on any atom is -0.329 e. The van der Waals surface area contributed by atoms with Crippen molar-refractivity contribution in [1.29, 1.82) is 0 Å². The Labute approximate surface area is 123 Å². The number of rotatable bonds is 6. The van der Waals surface area contributed by atoms with Gasteiger partial charge in [0.15, 0.2) is 0 Å². The standard InChI is InChI=1S/C16H19F2N3/c1-2-21(11-12-6-8-20-9-7-12)15(10-19)16-13(17)4-3-5-14(16)18/h3-9,15H,2,10-11,19H2,1H3. The third-order valence-electron chi connectivity index (χ3n) is 3.54. The van der Waals surface area contributed by atoms with Crippen LogP contribution in [0.15, 0.2) is 42.7 Å². The van der Waals surface area contributed by atoms with Crippen LogP contribution < -0.4 is 5.73 Å². The third-order valence-corrected chi connectivity index (χ3v) is 3.54. The highest BCUT2D eigenvalue weighted by Crippen LogP contribution is 2.26. The Morgan fingerprint density at radius 3 is 2.29 bits per heavy atom. The van der Waals surface area contributed by atoms with Crippen LogP contribution in [-0.2, 0) is 6.54 Å². The second-order valence-corrected chi connectivity index (χ2v) is 4.81. The van der Waals surface area contributed by atoms with Crippen LogP contribution in [0.5, 0.6) is 0 Å². The highest BCUT2D eigenvalue weighted by Gasteiger charge is 2.24. The summed E-state index contributed by atoms with van der Waals surface area (Å²) in [5, 5.41) is 0. The number of nitrogens with two attached hydrogens (primary N) is 1. The van der Waals surface area contributed by atoms with Crippen LogP contribution in [-0.4, -0.2) is 23.0 Å². The van der Waals surface area contributed by atoms with Crippen molar-refractivity contribution in [2.24, 2.45) is 5.73 Å². The van der Waals surface area contributed by atoms with Crippen LogP contribution in [0.1, 0.15) is 24.1 Å². The lowest BCUT2D eigenvalue weighted by Crippen LogP contribution is -2.34. The molecule has 0 fully saturated rings. The monoisotopic (exact) mass is 291 g/mol. The molecule has 0 saturated heterocycles. The smallest absolute Gasteiger partial charge is 0.130 e. The van der Waals surface area contributed by atoms with Crippen LogP contribution >= 0.6 is 0 Å². The molecule has 0 spiro atoms. The predicted molar refractivity (Wildman–Crippen MR) is 78.5 cm³/mol. The number of hydrogen-bond acceptors (Lipinski definition) is 3. The number of benzene rings is 1. The molecular formula is C16H19F2N3. The number of hydrogen-bond donors (Lipinski definition) is 1. The summed E-state index contributed by atoms with van der Waals surface area (Å²) in [6.07, 6.45) is 3.40. The van der Waals surface area contributed by atoms with Crippen molar-refractivity contribution in [3.8, 4) is 0 Å². The molecule has 2 N–H and O–H groups in total. The fraction of sp³-hybridized carbons (Fsp3) is 0.312. The fourth-order valence-electron chi connectivity index (χ4n) is 2.44. The number of pyridine rings is 1. The maximum atomic E-state index is 14.0. The van der Waals surface area contributed by atoms with Gasteiger partial charge in [0.25, 0.3) is 0 Å². The summed E-state index contributed by atoms with van der Waals surface area (Å²) in [6, 6.07) is 7.16. The Kier molecular flexibility index (Phi) is 5.36. The summed E-state index contributed by atoms with van der Waals surface area (Å²) in [7, 11) is 0. The molecule has 1 aromatic carbocycles. The topological polar surface area (TPSA) is 42.2 Å². The first-order valence-electron chi connectivity index (χ1n) is 6.94. The van der Waals surface area contributed by atoms with E-state index in [4.69, 9.17) is 5.73 Å². The van der Waals surface area contributed by atoms with E-state index in [0.717, 1.165) is 5.56 Å².